The maximum Gasteiger partial charge on any atom is 0.0948 e. The molecule has 2 heterocycles. The standard InChI is InChI=1S/C17H24N4/c1-20(16-6-3-2-4-7-16)10-5-11-21-14-19-13-17(21)15-8-9-18-12-15/h2-4,6-7,13-15,18H,5,8-12H2,1H3. The Labute approximate surface area is 126 Å². The summed E-state index contributed by atoms with van der Waals surface area (Å²) in [5.74, 6) is 0.638. The summed E-state index contributed by atoms with van der Waals surface area (Å²) in [5, 5.41) is 3.43. The zero-order valence-corrected chi connectivity index (χ0v) is 12.7. The summed E-state index contributed by atoms with van der Waals surface area (Å²) in [5.41, 5.74) is 2.67. The fourth-order valence-corrected chi connectivity index (χ4v) is 3.05. The Morgan fingerprint density at radius 1 is 1.33 bits per heavy atom. The quantitative estimate of drug-likeness (QED) is 0.884. The monoisotopic (exact) mass is 284 g/mol. The van der Waals surface area contributed by atoms with E-state index in [1.54, 1.807) is 0 Å². The maximum absolute atomic E-state index is 4.34. The summed E-state index contributed by atoms with van der Waals surface area (Å²) in [6.45, 7) is 4.33. The molecule has 0 spiro atoms. The summed E-state index contributed by atoms with van der Waals surface area (Å²) in [4.78, 5) is 6.66. The molecule has 0 aliphatic carbocycles. The third-order valence-electron chi connectivity index (χ3n) is 4.31. The van der Waals surface area contributed by atoms with E-state index in [1.165, 1.54) is 17.8 Å². The van der Waals surface area contributed by atoms with E-state index in [0.29, 0.717) is 5.92 Å². The molecule has 3 rings (SSSR count). The maximum atomic E-state index is 4.34. The van der Waals surface area contributed by atoms with Crippen LogP contribution < -0.4 is 10.2 Å². The summed E-state index contributed by atoms with van der Waals surface area (Å²) >= 11 is 0. The van der Waals surface area contributed by atoms with Crippen LogP contribution in [0.2, 0.25) is 0 Å². The highest BCUT2D eigenvalue weighted by atomic mass is 15.1. The SMILES string of the molecule is CN(CCCn1cncc1C1CCNC1)c1ccccc1. The third-order valence-corrected chi connectivity index (χ3v) is 4.31. The van der Waals surface area contributed by atoms with Crippen molar-refractivity contribution in [1.29, 1.82) is 0 Å². The number of para-hydroxylation sites is 1. The van der Waals surface area contributed by atoms with Gasteiger partial charge < -0.3 is 14.8 Å². The molecule has 1 N–H and O–H groups in total. The van der Waals surface area contributed by atoms with E-state index >= 15 is 0 Å². The Morgan fingerprint density at radius 2 is 2.19 bits per heavy atom. The van der Waals surface area contributed by atoms with Gasteiger partial charge in [-0.05, 0) is 31.5 Å². The van der Waals surface area contributed by atoms with Gasteiger partial charge >= 0.3 is 0 Å². The predicted molar refractivity (Wildman–Crippen MR) is 86.8 cm³/mol. The number of nitrogens with one attached hydrogen (secondary N) is 1. The highest BCUT2D eigenvalue weighted by molar-refractivity contribution is 5.44. The fraction of sp³-hybridized carbons (Fsp3) is 0.471. The smallest absolute Gasteiger partial charge is 0.0948 e. The zero-order valence-electron chi connectivity index (χ0n) is 12.7. The second-order valence-corrected chi connectivity index (χ2v) is 5.81. The predicted octanol–water partition coefficient (Wildman–Crippen LogP) is 2.49. The summed E-state index contributed by atoms with van der Waals surface area (Å²) in [7, 11) is 2.16. The van der Waals surface area contributed by atoms with Gasteiger partial charge in [0.05, 0.1) is 6.33 Å². The Balaban J connectivity index is 1.53. The number of benzene rings is 1. The fourth-order valence-electron chi connectivity index (χ4n) is 3.05. The van der Waals surface area contributed by atoms with Gasteiger partial charge in [-0.1, -0.05) is 18.2 Å². The lowest BCUT2D eigenvalue weighted by atomic mass is 10.1. The highest BCUT2D eigenvalue weighted by Crippen LogP contribution is 2.22. The van der Waals surface area contributed by atoms with Crippen LogP contribution in [0.15, 0.2) is 42.9 Å². The average molecular weight is 284 g/mol. The largest absolute Gasteiger partial charge is 0.375 e. The molecule has 1 aromatic heterocycles. The van der Waals surface area contributed by atoms with Crippen LogP contribution in [0.1, 0.15) is 24.5 Å². The van der Waals surface area contributed by atoms with Crippen molar-refractivity contribution < 1.29 is 0 Å². The van der Waals surface area contributed by atoms with E-state index in [9.17, 15) is 0 Å². The molecule has 4 heteroatoms. The molecule has 1 unspecified atom stereocenters. The molecule has 1 atom stereocenters. The van der Waals surface area contributed by atoms with E-state index in [-0.39, 0.29) is 0 Å². The van der Waals surface area contributed by atoms with Crippen LogP contribution in [0.25, 0.3) is 0 Å². The van der Waals surface area contributed by atoms with Crippen molar-refractivity contribution in [3.05, 3.63) is 48.5 Å². The molecule has 1 fully saturated rings. The van der Waals surface area contributed by atoms with Crippen LogP contribution in [0.4, 0.5) is 5.69 Å². The van der Waals surface area contributed by atoms with Gasteiger partial charge in [0.2, 0.25) is 0 Å². The van der Waals surface area contributed by atoms with Gasteiger partial charge in [0.15, 0.2) is 0 Å². The van der Waals surface area contributed by atoms with Crippen LogP contribution in [-0.4, -0.2) is 36.2 Å². The average Bonchev–Trinajstić information content (AvgIpc) is 3.18. The van der Waals surface area contributed by atoms with Gasteiger partial charge in [-0.25, -0.2) is 4.98 Å². The minimum Gasteiger partial charge on any atom is -0.375 e. The van der Waals surface area contributed by atoms with Crippen LogP contribution in [0.5, 0.6) is 0 Å². The number of hydrogen-bond acceptors (Lipinski definition) is 3. The molecule has 2 aromatic rings. The number of rotatable bonds is 6. The lowest BCUT2D eigenvalue weighted by Crippen LogP contribution is -2.20. The minimum atomic E-state index is 0.638. The third kappa shape index (κ3) is 3.45. The van der Waals surface area contributed by atoms with Crippen LogP contribution in [0.3, 0.4) is 0 Å². The van der Waals surface area contributed by atoms with Crippen LogP contribution >= 0.6 is 0 Å². The topological polar surface area (TPSA) is 33.1 Å². The summed E-state index contributed by atoms with van der Waals surface area (Å²) in [6.07, 6.45) is 6.39. The summed E-state index contributed by atoms with van der Waals surface area (Å²) < 4.78 is 2.33. The number of aromatic nitrogens is 2. The first-order chi connectivity index (χ1) is 10.3. The van der Waals surface area contributed by atoms with Crippen molar-refractivity contribution in [2.24, 2.45) is 0 Å². The molecule has 0 radical (unpaired) electrons. The lowest BCUT2D eigenvalue weighted by molar-refractivity contribution is 0.584. The molecule has 21 heavy (non-hydrogen) atoms. The van der Waals surface area contributed by atoms with Crippen molar-refractivity contribution in [3.63, 3.8) is 0 Å². The van der Waals surface area contributed by atoms with Gasteiger partial charge in [0, 0.05) is 50.2 Å². The molecule has 1 aliphatic heterocycles. The molecule has 4 nitrogen and oxygen atoms in total. The molecular weight excluding hydrogens is 260 g/mol. The number of aryl methyl sites for hydroxylation is 1. The van der Waals surface area contributed by atoms with Crippen LogP contribution in [-0.2, 0) is 6.54 Å². The Kier molecular flexibility index (Phi) is 4.55. The van der Waals surface area contributed by atoms with Crippen molar-refractivity contribution in [2.75, 3.05) is 31.6 Å². The van der Waals surface area contributed by atoms with Crippen molar-refractivity contribution in [2.45, 2.75) is 25.3 Å². The second-order valence-electron chi connectivity index (χ2n) is 5.81. The van der Waals surface area contributed by atoms with Crippen LogP contribution in [0, 0.1) is 0 Å². The number of nitrogens with zero attached hydrogens (tertiary/aromatic N) is 3. The van der Waals surface area contributed by atoms with E-state index < -0.39 is 0 Å². The molecule has 0 saturated carbocycles. The van der Waals surface area contributed by atoms with Gasteiger partial charge in [-0.2, -0.15) is 0 Å². The van der Waals surface area contributed by atoms with E-state index in [4.69, 9.17) is 0 Å². The molecule has 0 bridgehead atoms. The molecular formula is C17H24N4. The van der Waals surface area contributed by atoms with E-state index in [0.717, 1.165) is 32.6 Å². The van der Waals surface area contributed by atoms with Gasteiger partial charge in [-0.15, -0.1) is 0 Å². The molecule has 1 aliphatic rings. The first-order valence-electron chi connectivity index (χ1n) is 7.81. The van der Waals surface area contributed by atoms with E-state index in [1.807, 2.05) is 12.5 Å². The highest BCUT2D eigenvalue weighted by Gasteiger charge is 2.19. The van der Waals surface area contributed by atoms with Crippen molar-refractivity contribution in [1.82, 2.24) is 14.9 Å². The summed E-state index contributed by atoms with van der Waals surface area (Å²) in [6, 6.07) is 10.6. The molecule has 1 aromatic carbocycles. The first-order valence-corrected chi connectivity index (χ1v) is 7.81. The van der Waals surface area contributed by atoms with E-state index in [2.05, 4.69) is 57.1 Å². The number of hydrogen-bond donors (Lipinski definition) is 1. The molecule has 1 saturated heterocycles. The number of anilines is 1. The number of imidazole rings is 1. The normalized spacial score (nSPS) is 18.0. The van der Waals surface area contributed by atoms with Gasteiger partial charge in [0.25, 0.3) is 0 Å². The Morgan fingerprint density at radius 3 is 2.95 bits per heavy atom. The Bertz CT molecular complexity index is 543. The first kappa shape index (κ1) is 14.1. The zero-order chi connectivity index (χ0) is 14.5. The second kappa shape index (κ2) is 6.76. The van der Waals surface area contributed by atoms with Gasteiger partial charge in [-0.3, -0.25) is 0 Å². The minimum absolute atomic E-state index is 0.638. The van der Waals surface area contributed by atoms with Crippen molar-refractivity contribution >= 4 is 5.69 Å². The molecule has 112 valence electrons. The molecule has 0 amide bonds. The Hall–Kier alpha value is -1.81. The van der Waals surface area contributed by atoms with Crippen molar-refractivity contribution in [3.8, 4) is 0 Å². The van der Waals surface area contributed by atoms with Gasteiger partial charge in [0.1, 0.15) is 0 Å². The lowest BCUT2D eigenvalue weighted by Gasteiger charge is -2.20.